The SMILES string of the molecule is CCC(=O)c1cccc(OC(=O)OCC(Cl)(Cl)Cl)c1.CCCCCCOC(=O)Oc1cccc(C(=O)CC)c1.CCOC(=O)Oc1cccc(C(=O)CC)c1. The van der Waals surface area contributed by atoms with E-state index in [2.05, 4.69) is 16.4 Å². The van der Waals surface area contributed by atoms with E-state index in [1.54, 1.807) is 82.3 Å². The number of halogens is 3. The van der Waals surface area contributed by atoms with Gasteiger partial charge >= 0.3 is 18.5 Å². The van der Waals surface area contributed by atoms with Crippen molar-refractivity contribution in [2.75, 3.05) is 19.8 Å². The Balaban J connectivity index is 0.000000415. The van der Waals surface area contributed by atoms with Crippen LogP contribution in [0, 0.1) is 0 Å². The Hall–Kier alpha value is -4.65. The number of benzene rings is 3. The molecule has 0 saturated heterocycles. The Morgan fingerprint density at radius 3 is 1.24 bits per heavy atom. The lowest BCUT2D eigenvalue weighted by Crippen LogP contribution is -2.19. The molecule has 0 aliphatic heterocycles. The Morgan fingerprint density at radius 1 is 0.509 bits per heavy atom. The van der Waals surface area contributed by atoms with Gasteiger partial charge in [-0.15, -0.1) is 0 Å². The molecule has 0 radical (unpaired) electrons. The fourth-order valence-electron chi connectivity index (χ4n) is 4.13. The molecular weight excluding hydrogens is 779 g/mol. The normalized spacial score (nSPS) is 10.3. The minimum Gasteiger partial charge on any atom is -0.434 e. The minimum absolute atomic E-state index is 0.00862. The van der Waals surface area contributed by atoms with Crippen molar-refractivity contribution < 1.29 is 57.2 Å². The van der Waals surface area contributed by atoms with Gasteiger partial charge in [0.25, 0.3) is 0 Å². The maximum absolute atomic E-state index is 11.6. The van der Waals surface area contributed by atoms with Gasteiger partial charge in [-0.2, -0.15) is 0 Å². The Morgan fingerprint density at radius 2 is 0.891 bits per heavy atom. The quantitative estimate of drug-likeness (QED) is 0.0336. The van der Waals surface area contributed by atoms with Gasteiger partial charge in [0.1, 0.15) is 23.9 Å². The summed E-state index contributed by atoms with van der Waals surface area (Å²) in [6.45, 7) is 9.33. The van der Waals surface area contributed by atoms with Crippen LogP contribution in [0.15, 0.2) is 72.8 Å². The van der Waals surface area contributed by atoms with E-state index in [1.165, 1.54) is 18.2 Å². The standard InChI is InChI=1S/C16H22O4.C12H11Cl3O4.C12H14O4/c1-3-5-6-7-11-19-16(18)20-14-10-8-9-13(12-14)15(17)4-2;1-2-10(16)8-4-3-5-9(6-8)19-11(17)18-7-12(13,14)15;1-3-11(13)9-6-5-7-10(8-9)16-12(14)15-4-2/h8-10,12H,3-7,11H2,1-2H3;3-6H,2,7H2,1H3;5-8H,3-4H2,1-2H3. The largest absolute Gasteiger partial charge is 0.513 e. The molecule has 0 amide bonds. The smallest absolute Gasteiger partial charge is 0.434 e. The van der Waals surface area contributed by atoms with Crippen molar-refractivity contribution >= 4 is 70.6 Å². The molecule has 0 saturated carbocycles. The summed E-state index contributed by atoms with van der Waals surface area (Å²) in [6, 6.07) is 19.3. The van der Waals surface area contributed by atoms with Gasteiger partial charge in [-0.3, -0.25) is 14.4 Å². The number of alkyl halides is 3. The molecule has 0 bridgehead atoms. The third-order valence-corrected chi connectivity index (χ3v) is 7.20. The van der Waals surface area contributed by atoms with E-state index in [0.717, 1.165) is 25.7 Å². The maximum atomic E-state index is 11.6. The van der Waals surface area contributed by atoms with E-state index in [9.17, 15) is 28.8 Å². The first kappa shape index (κ1) is 48.4. The van der Waals surface area contributed by atoms with Gasteiger partial charge in [0.2, 0.25) is 3.79 Å². The number of hydrogen-bond donors (Lipinski definition) is 0. The number of Topliss-reactive ketones (excluding diaryl/α,β-unsaturated/α-hetero) is 3. The van der Waals surface area contributed by atoms with Crippen LogP contribution in [0.3, 0.4) is 0 Å². The molecule has 0 aliphatic carbocycles. The van der Waals surface area contributed by atoms with Crippen molar-refractivity contribution in [2.45, 2.75) is 83.4 Å². The maximum Gasteiger partial charge on any atom is 0.513 e. The third kappa shape index (κ3) is 21.7. The van der Waals surface area contributed by atoms with Crippen molar-refractivity contribution in [1.82, 2.24) is 0 Å². The highest BCUT2D eigenvalue weighted by Crippen LogP contribution is 2.26. The summed E-state index contributed by atoms with van der Waals surface area (Å²) < 4.78 is 27.3. The summed E-state index contributed by atoms with van der Waals surface area (Å²) in [5.41, 5.74) is 1.53. The zero-order valence-corrected chi connectivity index (χ0v) is 33.8. The second-order valence-electron chi connectivity index (χ2n) is 11.2. The lowest BCUT2D eigenvalue weighted by Gasteiger charge is -2.11. The average molecular weight is 826 g/mol. The predicted octanol–water partition coefficient (Wildman–Crippen LogP) is 11.4. The molecule has 0 spiro atoms. The molecule has 0 atom stereocenters. The summed E-state index contributed by atoms with van der Waals surface area (Å²) in [5, 5.41) is 0. The summed E-state index contributed by atoms with van der Waals surface area (Å²) in [5.74, 6) is 0.812. The molecule has 15 heteroatoms. The molecule has 3 aromatic carbocycles. The zero-order chi connectivity index (χ0) is 41.2. The number of ketones is 3. The highest BCUT2D eigenvalue weighted by atomic mass is 35.6. The van der Waals surface area contributed by atoms with Crippen molar-refractivity contribution in [3.63, 3.8) is 0 Å². The van der Waals surface area contributed by atoms with E-state index in [4.69, 9.17) is 53.8 Å². The van der Waals surface area contributed by atoms with E-state index >= 15 is 0 Å². The second kappa shape index (κ2) is 27.0. The number of unbranched alkanes of at least 4 members (excludes halogenated alkanes) is 3. The summed E-state index contributed by atoms with van der Waals surface area (Å²) in [4.78, 5) is 68.2. The fraction of sp³-hybridized carbons (Fsp3) is 0.400. The van der Waals surface area contributed by atoms with Crippen LogP contribution in [0.4, 0.5) is 14.4 Å². The lowest BCUT2D eigenvalue weighted by molar-refractivity contribution is 0.0957. The van der Waals surface area contributed by atoms with E-state index in [0.29, 0.717) is 54.1 Å². The van der Waals surface area contributed by atoms with Crippen LogP contribution in [0.5, 0.6) is 17.2 Å². The minimum atomic E-state index is -1.70. The first-order chi connectivity index (χ1) is 26.2. The lowest BCUT2D eigenvalue weighted by atomic mass is 10.1. The monoisotopic (exact) mass is 824 g/mol. The molecule has 12 nitrogen and oxygen atoms in total. The molecule has 0 aromatic heterocycles. The number of carbonyl (C=O) groups excluding carboxylic acids is 6. The van der Waals surface area contributed by atoms with Crippen LogP contribution in [0.1, 0.15) is 111 Å². The van der Waals surface area contributed by atoms with Crippen LogP contribution in [0.25, 0.3) is 0 Å². The van der Waals surface area contributed by atoms with E-state index in [-0.39, 0.29) is 29.7 Å². The van der Waals surface area contributed by atoms with Gasteiger partial charge in [0, 0.05) is 36.0 Å². The average Bonchev–Trinajstić information content (AvgIpc) is 3.16. The van der Waals surface area contributed by atoms with E-state index in [1.807, 2.05) is 0 Å². The molecule has 300 valence electrons. The van der Waals surface area contributed by atoms with Gasteiger partial charge in [0.15, 0.2) is 17.3 Å². The van der Waals surface area contributed by atoms with Crippen LogP contribution >= 0.6 is 34.8 Å². The van der Waals surface area contributed by atoms with Gasteiger partial charge in [-0.25, -0.2) is 14.4 Å². The number of ether oxygens (including phenoxy) is 6. The summed E-state index contributed by atoms with van der Waals surface area (Å²) in [6.07, 6.45) is 2.89. The molecule has 0 fully saturated rings. The molecule has 55 heavy (non-hydrogen) atoms. The fourth-order valence-corrected chi connectivity index (χ4v) is 4.30. The highest BCUT2D eigenvalue weighted by molar-refractivity contribution is 6.67. The van der Waals surface area contributed by atoms with Crippen LogP contribution < -0.4 is 14.2 Å². The van der Waals surface area contributed by atoms with Crippen molar-refractivity contribution in [1.29, 1.82) is 0 Å². The van der Waals surface area contributed by atoms with Crippen molar-refractivity contribution in [2.24, 2.45) is 0 Å². The second-order valence-corrected chi connectivity index (χ2v) is 13.7. The molecule has 0 aliphatic rings. The molecule has 0 heterocycles. The van der Waals surface area contributed by atoms with Crippen molar-refractivity contribution in [3.8, 4) is 17.2 Å². The molecule has 3 aromatic rings. The predicted molar refractivity (Wildman–Crippen MR) is 209 cm³/mol. The topological polar surface area (TPSA) is 158 Å². The molecule has 0 N–H and O–H groups in total. The van der Waals surface area contributed by atoms with Crippen LogP contribution in [-0.4, -0.2) is 59.4 Å². The van der Waals surface area contributed by atoms with Gasteiger partial charge in [0.05, 0.1) is 13.2 Å². The zero-order valence-electron chi connectivity index (χ0n) is 31.5. The molecule has 3 rings (SSSR count). The van der Waals surface area contributed by atoms with E-state index < -0.39 is 28.9 Å². The summed E-state index contributed by atoms with van der Waals surface area (Å²) in [7, 11) is 0. The Bertz CT molecular complexity index is 1690. The summed E-state index contributed by atoms with van der Waals surface area (Å²) >= 11 is 16.3. The number of carbonyl (C=O) groups is 6. The Kier molecular flexibility index (Phi) is 23.8. The van der Waals surface area contributed by atoms with Crippen LogP contribution in [-0.2, 0) is 14.2 Å². The highest BCUT2D eigenvalue weighted by Gasteiger charge is 2.23. The third-order valence-electron chi connectivity index (χ3n) is 6.87. The number of rotatable bonds is 16. The van der Waals surface area contributed by atoms with Gasteiger partial charge in [-0.05, 0) is 49.7 Å². The molecular formula is C40H47Cl3O12. The molecule has 0 unspecified atom stereocenters. The van der Waals surface area contributed by atoms with Gasteiger partial charge < -0.3 is 28.4 Å². The van der Waals surface area contributed by atoms with Crippen LogP contribution in [0.2, 0.25) is 0 Å². The first-order valence-corrected chi connectivity index (χ1v) is 18.8. The van der Waals surface area contributed by atoms with Crippen molar-refractivity contribution in [3.05, 3.63) is 89.5 Å². The van der Waals surface area contributed by atoms with Gasteiger partial charge in [-0.1, -0.05) is 118 Å². The number of hydrogen-bond acceptors (Lipinski definition) is 12. The Labute approximate surface area is 336 Å². The first-order valence-electron chi connectivity index (χ1n) is 17.7.